The third-order valence-electron chi connectivity index (χ3n) is 2.72. The van der Waals surface area contributed by atoms with Crippen molar-refractivity contribution in [2.45, 2.75) is 6.92 Å². The van der Waals surface area contributed by atoms with Crippen molar-refractivity contribution in [3.8, 4) is 0 Å². The van der Waals surface area contributed by atoms with Gasteiger partial charge < -0.3 is 10.6 Å². The number of aryl methyl sites for hydroxylation is 1. The van der Waals surface area contributed by atoms with E-state index in [9.17, 15) is 0 Å². The van der Waals surface area contributed by atoms with Gasteiger partial charge in [-0.3, -0.25) is 0 Å². The van der Waals surface area contributed by atoms with Crippen molar-refractivity contribution >= 4 is 34.6 Å². The molecule has 0 amide bonds. The van der Waals surface area contributed by atoms with Crippen LogP contribution in [0.25, 0.3) is 0 Å². The number of anilines is 2. The van der Waals surface area contributed by atoms with Gasteiger partial charge in [0, 0.05) is 23.8 Å². The minimum atomic E-state index is 0.679. The van der Waals surface area contributed by atoms with Crippen LogP contribution in [0.5, 0.6) is 0 Å². The van der Waals surface area contributed by atoms with Gasteiger partial charge in [0.15, 0.2) is 0 Å². The molecule has 0 heterocycles. The number of hydrogen-bond donors (Lipinski definition) is 2. The summed E-state index contributed by atoms with van der Waals surface area (Å²) in [7, 11) is 0. The molecule has 4 heteroatoms. The van der Waals surface area contributed by atoms with Crippen molar-refractivity contribution in [1.29, 1.82) is 0 Å². The highest BCUT2D eigenvalue weighted by atomic mass is 35.5. The maximum atomic E-state index is 6.07. The summed E-state index contributed by atoms with van der Waals surface area (Å²) in [5.74, 6) is 0. The van der Waals surface area contributed by atoms with Crippen LogP contribution < -0.4 is 10.6 Å². The van der Waals surface area contributed by atoms with Crippen molar-refractivity contribution in [2.75, 3.05) is 23.7 Å². The average molecular weight is 295 g/mol. The summed E-state index contributed by atoms with van der Waals surface area (Å²) >= 11 is 12.0. The van der Waals surface area contributed by atoms with E-state index in [0.717, 1.165) is 24.5 Å². The van der Waals surface area contributed by atoms with Crippen LogP contribution in [0.15, 0.2) is 42.5 Å². The number of rotatable bonds is 5. The van der Waals surface area contributed by atoms with Gasteiger partial charge in [0.2, 0.25) is 0 Å². The molecule has 2 aromatic carbocycles. The summed E-state index contributed by atoms with van der Waals surface area (Å²) in [5.41, 5.74) is 3.23. The van der Waals surface area contributed by atoms with Crippen LogP contribution in [-0.2, 0) is 0 Å². The van der Waals surface area contributed by atoms with E-state index in [4.69, 9.17) is 23.2 Å². The molecule has 0 fully saturated rings. The van der Waals surface area contributed by atoms with Crippen molar-refractivity contribution in [2.24, 2.45) is 0 Å². The number of hydrogen-bond acceptors (Lipinski definition) is 2. The second kappa shape index (κ2) is 6.69. The first-order valence-corrected chi connectivity index (χ1v) is 6.90. The third kappa shape index (κ3) is 4.34. The van der Waals surface area contributed by atoms with Crippen molar-refractivity contribution < 1.29 is 0 Å². The fraction of sp³-hybridized carbons (Fsp3) is 0.200. The zero-order valence-electron chi connectivity index (χ0n) is 10.7. The third-order valence-corrected chi connectivity index (χ3v) is 3.28. The first-order valence-electron chi connectivity index (χ1n) is 6.14. The summed E-state index contributed by atoms with van der Waals surface area (Å²) < 4.78 is 0. The molecule has 0 aromatic heterocycles. The second-order valence-electron chi connectivity index (χ2n) is 4.35. The number of benzene rings is 2. The van der Waals surface area contributed by atoms with E-state index in [1.54, 1.807) is 12.1 Å². The Morgan fingerprint density at radius 1 is 0.947 bits per heavy atom. The van der Waals surface area contributed by atoms with E-state index in [1.807, 2.05) is 12.1 Å². The minimum Gasteiger partial charge on any atom is -0.383 e. The molecule has 19 heavy (non-hydrogen) atoms. The van der Waals surface area contributed by atoms with Gasteiger partial charge >= 0.3 is 0 Å². The average Bonchev–Trinajstić information content (AvgIpc) is 2.39. The topological polar surface area (TPSA) is 24.1 Å². The molecular formula is C15H16Cl2N2. The molecule has 0 aliphatic heterocycles. The predicted molar refractivity (Wildman–Crippen MR) is 84.6 cm³/mol. The van der Waals surface area contributed by atoms with Crippen molar-refractivity contribution in [1.82, 2.24) is 0 Å². The van der Waals surface area contributed by atoms with Crippen molar-refractivity contribution in [3.63, 3.8) is 0 Å². The fourth-order valence-electron chi connectivity index (χ4n) is 1.79. The lowest BCUT2D eigenvalue weighted by molar-refractivity contribution is 1.08. The van der Waals surface area contributed by atoms with Gasteiger partial charge in [-0.15, -0.1) is 0 Å². The molecule has 2 aromatic rings. The van der Waals surface area contributed by atoms with Gasteiger partial charge in [-0.1, -0.05) is 35.3 Å². The molecule has 100 valence electrons. The van der Waals surface area contributed by atoms with Gasteiger partial charge in [-0.25, -0.2) is 0 Å². The Kier molecular flexibility index (Phi) is 4.94. The first kappa shape index (κ1) is 14.0. The molecule has 2 N–H and O–H groups in total. The summed E-state index contributed by atoms with van der Waals surface area (Å²) in [5, 5.41) is 7.97. The van der Waals surface area contributed by atoms with Crippen LogP contribution in [0.2, 0.25) is 10.0 Å². The summed E-state index contributed by atoms with van der Waals surface area (Å²) in [6.07, 6.45) is 0. The molecule has 0 bridgehead atoms. The Labute approximate surface area is 123 Å². The molecule has 2 rings (SSSR count). The maximum Gasteiger partial charge on any atom is 0.0638 e. The number of halogens is 2. The predicted octanol–water partition coefficient (Wildman–Crippen LogP) is 4.83. The standard InChI is InChI=1S/C15H16Cl2N2/c1-11-3-2-4-13(9-11)18-7-8-19-15-10-12(16)5-6-14(15)17/h2-6,9-10,18-19H,7-8H2,1H3. The minimum absolute atomic E-state index is 0.679. The van der Waals surface area contributed by atoms with Crippen molar-refractivity contribution in [3.05, 3.63) is 58.1 Å². The van der Waals surface area contributed by atoms with Gasteiger partial charge in [-0.05, 0) is 42.8 Å². The van der Waals surface area contributed by atoms with Crippen LogP contribution in [0.4, 0.5) is 11.4 Å². The van der Waals surface area contributed by atoms with E-state index < -0.39 is 0 Å². The molecule has 0 spiro atoms. The summed E-state index contributed by atoms with van der Waals surface area (Å²) in [4.78, 5) is 0. The lowest BCUT2D eigenvalue weighted by Gasteiger charge is -2.10. The summed E-state index contributed by atoms with van der Waals surface area (Å²) in [6.45, 7) is 3.66. The Morgan fingerprint density at radius 2 is 1.74 bits per heavy atom. The lowest BCUT2D eigenvalue weighted by Crippen LogP contribution is -2.13. The number of nitrogens with one attached hydrogen (secondary N) is 2. The van der Waals surface area contributed by atoms with E-state index in [1.165, 1.54) is 5.56 Å². The Balaban J connectivity index is 1.82. The van der Waals surface area contributed by atoms with Crippen LogP contribution in [-0.4, -0.2) is 13.1 Å². The van der Waals surface area contributed by atoms with Gasteiger partial charge in [0.1, 0.15) is 0 Å². The Bertz CT molecular complexity index is 556. The zero-order valence-corrected chi connectivity index (χ0v) is 12.2. The molecule has 0 unspecified atom stereocenters. The summed E-state index contributed by atoms with van der Waals surface area (Å²) in [6, 6.07) is 13.7. The SMILES string of the molecule is Cc1cccc(NCCNc2cc(Cl)ccc2Cl)c1. The molecule has 0 aliphatic rings. The Morgan fingerprint density at radius 3 is 2.53 bits per heavy atom. The quantitative estimate of drug-likeness (QED) is 0.772. The van der Waals surface area contributed by atoms with Crippen LogP contribution in [0, 0.1) is 6.92 Å². The molecule has 2 nitrogen and oxygen atoms in total. The van der Waals surface area contributed by atoms with Gasteiger partial charge in [0.25, 0.3) is 0 Å². The van der Waals surface area contributed by atoms with Gasteiger partial charge in [0.05, 0.1) is 10.7 Å². The lowest BCUT2D eigenvalue weighted by atomic mass is 10.2. The smallest absolute Gasteiger partial charge is 0.0638 e. The van der Waals surface area contributed by atoms with E-state index in [0.29, 0.717) is 10.0 Å². The van der Waals surface area contributed by atoms with E-state index in [2.05, 4.69) is 35.8 Å². The molecule has 0 atom stereocenters. The largest absolute Gasteiger partial charge is 0.383 e. The van der Waals surface area contributed by atoms with E-state index in [-0.39, 0.29) is 0 Å². The van der Waals surface area contributed by atoms with Crippen LogP contribution in [0.1, 0.15) is 5.56 Å². The highest BCUT2D eigenvalue weighted by Crippen LogP contribution is 2.25. The Hall–Kier alpha value is -1.38. The molecule has 0 radical (unpaired) electrons. The molecule has 0 aliphatic carbocycles. The maximum absolute atomic E-state index is 6.07. The molecule has 0 saturated carbocycles. The molecule has 0 saturated heterocycles. The fourth-order valence-corrected chi connectivity index (χ4v) is 2.15. The highest BCUT2D eigenvalue weighted by molar-refractivity contribution is 6.35. The first-order chi connectivity index (χ1) is 9.15. The molecular weight excluding hydrogens is 279 g/mol. The zero-order chi connectivity index (χ0) is 13.7. The highest BCUT2D eigenvalue weighted by Gasteiger charge is 2.00. The van der Waals surface area contributed by atoms with Crippen LogP contribution in [0.3, 0.4) is 0 Å². The van der Waals surface area contributed by atoms with E-state index >= 15 is 0 Å². The second-order valence-corrected chi connectivity index (χ2v) is 5.19. The normalized spacial score (nSPS) is 10.3. The monoisotopic (exact) mass is 294 g/mol. The van der Waals surface area contributed by atoms with Gasteiger partial charge in [-0.2, -0.15) is 0 Å². The van der Waals surface area contributed by atoms with Crippen LogP contribution >= 0.6 is 23.2 Å².